The van der Waals surface area contributed by atoms with Crippen molar-refractivity contribution in [1.82, 2.24) is 5.32 Å². The molecule has 1 rings (SSSR count). The summed E-state index contributed by atoms with van der Waals surface area (Å²) in [7, 11) is 0. The van der Waals surface area contributed by atoms with Crippen molar-refractivity contribution in [3.8, 4) is 0 Å². The zero-order valence-corrected chi connectivity index (χ0v) is 9.05. The molecule has 0 spiro atoms. The number of rotatable bonds is 4. The molecule has 0 saturated heterocycles. The molecular formula is C12H23N. The average Bonchev–Trinajstić information content (AvgIpc) is 2.13. The molecule has 0 radical (unpaired) electrons. The Hall–Kier alpha value is -0.300. The maximum atomic E-state index is 3.49. The second-order valence-corrected chi connectivity index (χ2v) is 4.37. The number of nitrogens with one attached hydrogen (secondary N) is 1. The maximum Gasteiger partial charge on any atom is 0.0134 e. The first-order valence-corrected chi connectivity index (χ1v) is 5.64. The third-order valence-corrected chi connectivity index (χ3v) is 2.98. The van der Waals surface area contributed by atoms with Crippen molar-refractivity contribution in [3.63, 3.8) is 0 Å². The predicted molar refractivity (Wildman–Crippen MR) is 58.8 cm³/mol. The van der Waals surface area contributed by atoms with Gasteiger partial charge in [0.2, 0.25) is 0 Å². The molecule has 1 aliphatic rings. The highest BCUT2D eigenvalue weighted by molar-refractivity contribution is 4.80. The fraction of sp³-hybridized carbons (Fsp3) is 0.833. The molecule has 1 N–H and O–H groups in total. The van der Waals surface area contributed by atoms with E-state index in [0.717, 1.165) is 18.4 Å². The fourth-order valence-corrected chi connectivity index (χ4v) is 2.23. The summed E-state index contributed by atoms with van der Waals surface area (Å²) in [5, 5.41) is 3.49. The molecule has 1 saturated carbocycles. The molecule has 2 unspecified atom stereocenters. The van der Waals surface area contributed by atoms with Crippen molar-refractivity contribution in [2.45, 2.75) is 39.5 Å². The molecule has 0 amide bonds. The summed E-state index contributed by atoms with van der Waals surface area (Å²) in [6.45, 7) is 6.72. The highest BCUT2D eigenvalue weighted by Gasteiger charge is 2.17. The van der Waals surface area contributed by atoms with Crippen LogP contribution in [0.3, 0.4) is 0 Å². The van der Waals surface area contributed by atoms with Gasteiger partial charge in [-0.3, -0.25) is 0 Å². The highest BCUT2D eigenvalue weighted by atomic mass is 14.8. The van der Waals surface area contributed by atoms with Crippen LogP contribution in [0.5, 0.6) is 0 Å². The Bertz CT molecular complexity index is 151. The van der Waals surface area contributed by atoms with Gasteiger partial charge in [0, 0.05) is 6.54 Å². The smallest absolute Gasteiger partial charge is 0.0134 e. The van der Waals surface area contributed by atoms with E-state index in [1.807, 2.05) is 0 Å². The van der Waals surface area contributed by atoms with Gasteiger partial charge in [-0.1, -0.05) is 31.9 Å². The summed E-state index contributed by atoms with van der Waals surface area (Å²) in [5.41, 5.74) is 0. The molecule has 0 aromatic carbocycles. The summed E-state index contributed by atoms with van der Waals surface area (Å²) >= 11 is 0. The van der Waals surface area contributed by atoms with Crippen LogP contribution in [0.1, 0.15) is 39.5 Å². The Morgan fingerprint density at radius 1 is 1.38 bits per heavy atom. The van der Waals surface area contributed by atoms with Gasteiger partial charge in [-0.25, -0.2) is 0 Å². The van der Waals surface area contributed by atoms with Crippen LogP contribution in [-0.4, -0.2) is 13.1 Å². The lowest BCUT2D eigenvalue weighted by atomic mass is 9.82. The molecular weight excluding hydrogens is 158 g/mol. The Kier molecular flexibility index (Phi) is 5.14. The normalized spacial score (nSPS) is 29.7. The quantitative estimate of drug-likeness (QED) is 0.519. The minimum atomic E-state index is 0.939. The van der Waals surface area contributed by atoms with Gasteiger partial charge in [0.05, 0.1) is 0 Å². The van der Waals surface area contributed by atoms with E-state index in [9.17, 15) is 0 Å². The van der Waals surface area contributed by atoms with Gasteiger partial charge in [-0.15, -0.1) is 0 Å². The lowest BCUT2D eigenvalue weighted by Gasteiger charge is -2.26. The molecule has 1 aliphatic carbocycles. The monoisotopic (exact) mass is 181 g/mol. The van der Waals surface area contributed by atoms with Crippen molar-refractivity contribution >= 4 is 0 Å². The van der Waals surface area contributed by atoms with E-state index < -0.39 is 0 Å². The second-order valence-electron chi connectivity index (χ2n) is 4.37. The molecule has 0 bridgehead atoms. The van der Waals surface area contributed by atoms with E-state index in [1.54, 1.807) is 0 Å². The maximum absolute atomic E-state index is 3.49. The average molecular weight is 181 g/mol. The molecule has 1 heteroatoms. The molecule has 0 heterocycles. The van der Waals surface area contributed by atoms with E-state index in [4.69, 9.17) is 0 Å². The summed E-state index contributed by atoms with van der Waals surface area (Å²) in [6, 6.07) is 0. The van der Waals surface area contributed by atoms with Crippen molar-refractivity contribution in [2.24, 2.45) is 11.8 Å². The minimum Gasteiger partial charge on any atom is -0.313 e. The van der Waals surface area contributed by atoms with Crippen LogP contribution in [0.4, 0.5) is 0 Å². The Balaban J connectivity index is 2.06. The van der Waals surface area contributed by atoms with Gasteiger partial charge < -0.3 is 5.32 Å². The van der Waals surface area contributed by atoms with Crippen LogP contribution in [-0.2, 0) is 0 Å². The zero-order chi connectivity index (χ0) is 9.52. The van der Waals surface area contributed by atoms with E-state index in [1.165, 1.54) is 32.2 Å². The standard InChI is InChI=1S/C12H23N/c1-3-4-8-13-10-12-7-5-6-11(2)9-12/h3-4,11-13H,5-10H2,1-2H3/b4-3+. The first-order chi connectivity index (χ1) is 6.33. The SMILES string of the molecule is C/C=C/CNCC1CCCC(C)C1. The van der Waals surface area contributed by atoms with Crippen molar-refractivity contribution in [2.75, 3.05) is 13.1 Å². The molecule has 1 nitrogen and oxygen atoms in total. The second kappa shape index (κ2) is 6.20. The van der Waals surface area contributed by atoms with Crippen LogP contribution in [0, 0.1) is 11.8 Å². The van der Waals surface area contributed by atoms with Crippen molar-refractivity contribution < 1.29 is 0 Å². The molecule has 0 aliphatic heterocycles. The first-order valence-electron chi connectivity index (χ1n) is 5.64. The molecule has 2 atom stereocenters. The minimum absolute atomic E-state index is 0.939. The van der Waals surface area contributed by atoms with Gasteiger partial charge in [-0.2, -0.15) is 0 Å². The highest BCUT2D eigenvalue weighted by Crippen LogP contribution is 2.27. The van der Waals surface area contributed by atoms with Crippen molar-refractivity contribution in [3.05, 3.63) is 12.2 Å². The molecule has 1 fully saturated rings. The van der Waals surface area contributed by atoms with Gasteiger partial charge >= 0.3 is 0 Å². The van der Waals surface area contributed by atoms with Gasteiger partial charge in [0.15, 0.2) is 0 Å². The molecule has 76 valence electrons. The van der Waals surface area contributed by atoms with E-state index in [0.29, 0.717) is 0 Å². The summed E-state index contributed by atoms with van der Waals surface area (Å²) in [6.07, 6.45) is 10.1. The number of hydrogen-bond acceptors (Lipinski definition) is 1. The van der Waals surface area contributed by atoms with Crippen LogP contribution in [0.15, 0.2) is 12.2 Å². The lowest BCUT2D eigenvalue weighted by Crippen LogP contribution is -2.26. The van der Waals surface area contributed by atoms with Crippen molar-refractivity contribution in [1.29, 1.82) is 0 Å². The first kappa shape index (κ1) is 10.8. The predicted octanol–water partition coefficient (Wildman–Crippen LogP) is 2.98. The molecule has 13 heavy (non-hydrogen) atoms. The summed E-state index contributed by atoms with van der Waals surface area (Å²) in [4.78, 5) is 0. The molecule has 0 aromatic rings. The topological polar surface area (TPSA) is 12.0 Å². The summed E-state index contributed by atoms with van der Waals surface area (Å²) < 4.78 is 0. The van der Waals surface area contributed by atoms with E-state index in [-0.39, 0.29) is 0 Å². The van der Waals surface area contributed by atoms with Gasteiger partial charge in [0.1, 0.15) is 0 Å². The molecule has 0 aromatic heterocycles. The summed E-state index contributed by atoms with van der Waals surface area (Å²) in [5.74, 6) is 1.90. The van der Waals surface area contributed by atoms with Gasteiger partial charge in [0.25, 0.3) is 0 Å². The Morgan fingerprint density at radius 2 is 2.23 bits per heavy atom. The van der Waals surface area contributed by atoms with E-state index >= 15 is 0 Å². The van der Waals surface area contributed by atoms with Crippen LogP contribution < -0.4 is 5.32 Å². The zero-order valence-electron chi connectivity index (χ0n) is 9.05. The van der Waals surface area contributed by atoms with E-state index in [2.05, 4.69) is 31.3 Å². The largest absolute Gasteiger partial charge is 0.313 e. The lowest BCUT2D eigenvalue weighted by molar-refractivity contribution is 0.277. The van der Waals surface area contributed by atoms with Gasteiger partial charge in [-0.05, 0) is 38.1 Å². The van der Waals surface area contributed by atoms with Crippen LogP contribution >= 0.6 is 0 Å². The number of hydrogen-bond donors (Lipinski definition) is 1. The van der Waals surface area contributed by atoms with Crippen LogP contribution in [0.25, 0.3) is 0 Å². The third-order valence-electron chi connectivity index (χ3n) is 2.98. The number of allylic oxidation sites excluding steroid dienone is 1. The van der Waals surface area contributed by atoms with Crippen LogP contribution in [0.2, 0.25) is 0 Å². The Morgan fingerprint density at radius 3 is 2.92 bits per heavy atom. The Labute approximate surface area is 82.6 Å². The third kappa shape index (κ3) is 4.47. The fourth-order valence-electron chi connectivity index (χ4n) is 2.23.